The first-order valence-corrected chi connectivity index (χ1v) is 16.9. The molecule has 8 aromatic rings. The summed E-state index contributed by atoms with van der Waals surface area (Å²) in [4.78, 5) is 13.6. The van der Waals surface area contributed by atoms with Crippen molar-refractivity contribution in [3.8, 4) is 33.6 Å². The molecule has 10 rings (SSSR count). The van der Waals surface area contributed by atoms with E-state index in [0.717, 1.165) is 49.9 Å². The Kier molecular flexibility index (Phi) is 6.31. The highest BCUT2D eigenvalue weighted by Gasteiger charge is 2.37. The number of aromatic nitrogens is 2. The molecule has 3 heteroatoms. The third-order valence-corrected chi connectivity index (χ3v) is 10.2. The summed E-state index contributed by atoms with van der Waals surface area (Å²) in [5.74, 6) is 0.271. The molecule has 2 unspecified atom stereocenters. The van der Waals surface area contributed by atoms with Crippen LogP contribution in [0.5, 0.6) is 0 Å². The van der Waals surface area contributed by atoms with E-state index in [9.17, 15) is 0 Å². The molecule has 230 valence electrons. The Balaban J connectivity index is 1.22. The maximum atomic E-state index is 5.58. The molecule has 0 fully saturated rings. The minimum absolute atomic E-state index is 0.243. The minimum atomic E-state index is 0.243. The van der Waals surface area contributed by atoms with Crippen molar-refractivity contribution in [1.82, 2.24) is 9.97 Å². The predicted molar refractivity (Wildman–Crippen MR) is 204 cm³/mol. The van der Waals surface area contributed by atoms with Crippen molar-refractivity contribution in [2.24, 2.45) is 0 Å². The van der Waals surface area contributed by atoms with Gasteiger partial charge in [0.1, 0.15) is 0 Å². The fourth-order valence-corrected chi connectivity index (χ4v) is 7.98. The van der Waals surface area contributed by atoms with Gasteiger partial charge in [-0.2, -0.15) is 0 Å². The van der Waals surface area contributed by atoms with E-state index in [1.54, 1.807) is 0 Å². The Bertz CT molecular complexity index is 2620. The number of hydrogen-bond donors (Lipinski definition) is 0. The maximum Gasteiger partial charge on any atom is 0.0979 e. The number of allylic oxidation sites excluding steroid dienone is 2. The van der Waals surface area contributed by atoms with Crippen LogP contribution in [-0.4, -0.2) is 16.0 Å². The van der Waals surface area contributed by atoms with E-state index in [4.69, 9.17) is 9.97 Å². The molecule has 1 aliphatic carbocycles. The van der Waals surface area contributed by atoms with Crippen molar-refractivity contribution in [2.75, 3.05) is 4.90 Å². The predicted octanol–water partition coefficient (Wildman–Crippen LogP) is 11.7. The third kappa shape index (κ3) is 4.36. The summed E-state index contributed by atoms with van der Waals surface area (Å²) in [5.41, 5.74) is 11.9. The van der Waals surface area contributed by atoms with Crippen LogP contribution in [0.4, 0.5) is 11.4 Å². The smallest absolute Gasteiger partial charge is 0.0979 e. The van der Waals surface area contributed by atoms with Gasteiger partial charge in [-0.1, -0.05) is 152 Å². The van der Waals surface area contributed by atoms with Crippen molar-refractivity contribution >= 4 is 44.0 Å². The first kappa shape index (κ1) is 27.8. The lowest BCUT2D eigenvalue weighted by Crippen LogP contribution is -2.28. The molecule has 2 aliphatic rings. The van der Waals surface area contributed by atoms with Crippen LogP contribution in [0.2, 0.25) is 0 Å². The summed E-state index contributed by atoms with van der Waals surface area (Å²) in [6, 6.07) is 54.3. The Morgan fingerprint density at radius 3 is 1.73 bits per heavy atom. The second kappa shape index (κ2) is 11.1. The highest BCUT2D eigenvalue weighted by molar-refractivity contribution is 6.23. The minimum Gasteiger partial charge on any atom is -0.333 e. The number of anilines is 2. The molecule has 0 N–H and O–H groups in total. The normalized spacial score (nSPS) is 16.4. The summed E-state index contributed by atoms with van der Waals surface area (Å²) >= 11 is 0. The SMILES string of the molecule is C1=CC2c3cc(-c4ccccc4-c4nc5c6ccccc6c6ccccc6c5nc4-c4ccccc4)ccc3N(c3ccccc3)C2C=C1. The van der Waals surface area contributed by atoms with Crippen LogP contribution in [0, 0.1) is 0 Å². The first-order valence-electron chi connectivity index (χ1n) is 16.9. The topological polar surface area (TPSA) is 29.0 Å². The number of hydrogen-bond acceptors (Lipinski definition) is 3. The molecule has 0 saturated heterocycles. The maximum absolute atomic E-state index is 5.58. The molecule has 1 aliphatic heterocycles. The largest absolute Gasteiger partial charge is 0.333 e. The molecule has 2 heterocycles. The second-order valence-electron chi connectivity index (χ2n) is 12.9. The molecule has 0 spiro atoms. The molecule has 0 saturated carbocycles. The standard InChI is InChI=1S/C46H31N3/c1-3-15-30(16-4-1)43-44(48-46-39-25-12-9-21-35(39)34-20-8-11-24-38(34)45(46)47-43)37-23-10-7-19-33(37)31-27-28-42-40(29-31)36-22-13-14-26-41(36)49(42)32-17-5-2-6-18-32/h1-29,36,41H. The quantitative estimate of drug-likeness (QED) is 0.182. The summed E-state index contributed by atoms with van der Waals surface area (Å²) < 4.78 is 0. The van der Waals surface area contributed by atoms with E-state index in [2.05, 4.69) is 181 Å². The summed E-state index contributed by atoms with van der Waals surface area (Å²) in [5, 5.41) is 4.62. The van der Waals surface area contributed by atoms with Crippen LogP contribution < -0.4 is 4.90 Å². The summed E-state index contributed by atoms with van der Waals surface area (Å²) in [6.45, 7) is 0. The average Bonchev–Trinajstić information content (AvgIpc) is 3.52. The van der Waals surface area contributed by atoms with Crippen LogP contribution in [0.3, 0.4) is 0 Å². The van der Waals surface area contributed by atoms with Crippen molar-refractivity contribution in [1.29, 1.82) is 0 Å². The Morgan fingerprint density at radius 1 is 0.449 bits per heavy atom. The van der Waals surface area contributed by atoms with E-state index in [-0.39, 0.29) is 12.0 Å². The molecule has 49 heavy (non-hydrogen) atoms. The van der Waals surface area contributed by atoms with Crippen LogP contribution in [0.15, 0.2) is 176 Å². The lowest BCUT2D eigenvalue weighted by Gasteiger charge is -2.28. The van der Waals surface area contributed by atoms with Gasteiger partial charge in [-0.25, -0.2) is 9.97 Å². The Labute approximate surface area is 285 Å². The molecular formula is C46H31N3. The zero-order valence-corrected chi connectivity index (χ0v) is 26.7. The van der Waals surface area contributed by atoms with Gasteiger partial charge in [0.25, 0.3) is 0 Å². The van der Waals surface area contributed by atoms with Gasteiger partial charge < -0.3 is 4.90 Å². The van der Waals surface area contributed by atoms with Crippen LogP contribution in [-0.2, 0) is 0 Å². The van der Waals surface area contributed by atoms with Crippen LogP contribution >= 0.6 is 0 Å². The van der Waals surface area contributed by atoms with Gasteiger partial charge in [0.05, 0.1) is 28.5 Å². The molecule has 7 aromatic carbocycles. The average molecular weight is 626 g/mol. The van der Waals surface area contributed by atoms with Gasteiger partial charge in [0.2, 0.25) is 0 Å². The lowest BCUT2D eigenvalue weighted by molar-refractivity contribution is 0.745. The summed E-state index contributed by atoms with van der Waals surface area (Å²) in [6.07, 6.45) is 9.04. The number of rotatable bonds is 4. The second-order valence-corrected chi connectivity index (χ2v) is 12.9. The zero-order valence-electron chi connectivity index (χ0n) is 26.7. The van der Waals surface area contributed by atoms with E-state index >= 15 is 0 Å². The van der Waals surface area contributed by atoms with E-state index < -0.39 is 0 Å². The van der Waals surface area contributed by atoms with Crippen molar-refractivity contribution in [2.45, 2.75) is 12.0 Å². The fourth-order valence-electron chi connectivity index (χ4n) is 7.98. The van der Waals surface area contributed by atoms with Crippen LogP contribution in [0.1, 0.15) is 11.5 Å². The molecule has 0 radical (unpaired) electrons. The molecule has 0 bridgehead atoms. The molecular weight excluding hydrogens is 595 g/mol. The molecule has 2 atom stereocenters. The molecule has 1 aromatic heterocycles. The van der Waals surface area contributed by atoms with Crippen molar-refractivity contribution in [3.05, 3.63) is 182 Å². The van der Waals surface area contributed by atoms with E-state index in [1.807, 2.05) is 0 Å². The number of nitrogens with zero attached hydrogens (tertiary/aromatic N) is 3. The first-order chi connectivity index (χ1) is 24.3. The van der Waals surface area contributed by atoms with Gasteiger partial charge in [-0.3, -0.25) is 0 Å². The van der Waals surface area contributed by atoms with Crippen molar-refractivity contribution < 1.29 is 0 Å². The van der Waals surface area contributed by atoms with Gasteiger partial charge >= 0.3 is 0 Å². The van der Waals surface area contributed by atoms with Gasteiger partial charge in [-0.15, -0.1) is 0 Å². The summed E-state index contributed by atoms with van der Waals surface area (Å²) in [7, 11) is 0. The Morgan fingerprint density at radius 2 is 1.02 bits per heavy atom. The van der Waals surface area contributed by atoms with Gasteiger partial charge in [-0.05, 0) is 51.7 Å². The van der Waals surface area contributed by atoms with Crippen LogP contribution in [0.25, 0.3) is 66.2 Å². The van der Waals surface area contributed by atoms with Gasteiger partial charge in [0, 0.05) is 39.2 Å². The third-order valence-electron chi connectivity index (χ3n) is 10.2. The van der Waals surface area contributed by atoms with Crippen molar-refractivity contribution in [3.63, 3.8) is 0 Å². The van der Waals surface area contributed by atoms with Gasteiger partial charge in [0.15, 0.2) is 0 Å². The fraction of sp³-hybridized carbons (Fsp3) is 0.0435. The van der Waals surface area contributed by atoms with E-state index in [0.29, 0.717) is 0 Å². The highest BCUT2D eigenvalue weighted by Crippen LogP contribution is 2.49. The highest BCUT2D eigenvalue weighted by atomic mass is 15.2. The molecule has 0 amide bonds. The lowest BCUT2D eigenvalue weighted by atomic mass is 9.88. The monoisotopic (exact) mass is 625 g/mol. The zero-order chi connectivity index (χ0) is 32.3. The number of fused-ring (bicyclic) bond motifs is 9. The Hall–Kier alpha value is -6.32. The number of para-hydroxylation sites is 1. The molecule has 3 nitrogen and oxygen atoms in total. The number of benzene rings is 7. The van der Waals surface area contributed by atoms with E-state index in [1.165, 1.54) is 33.3 Å².